The van der Waals surface area contributed by atoms with E-state index in [0.717, 1.165) is 28.8 Å². The first-order chi connectivity index (χ1) is 17.8. The van der Waals surface area contributed by atoms with Crippen LogP contribution in [0.15, 0.2) is 59.5 Å². The van der Waals surface area contributed by atoms with Crippen molar-refractivity contribution in [3.8, 4) is 5.69 Å². The molecule has 2 N–H and O–H groups in total. The smallest absolute Gasteiger partial charge is 0.416 e. The second-order valence-electron chi connectivity index (χ2n) is 8.41. The van der Waals surface area contributed by atoms with E-state index >= 15 is 0 Å². The number of anilines is 1. The highest BCUT2D eigenvalue weighted by atomic mass is 32.2. The third kappa shape index (κ3) is 5.49. The molecule has 0 radical (unpaired) electrons. The molecule has 3 amide bonds. The number of imide groups is 1. The van der Waals surface area contributed by atoms with Gasteiger partial charge in [-0.3, -0.25) is 19.3 Å². The maximum atomic E-state index is 12.9. The van der Waals surface area contributed by atoms with E-state index in [2.05, 4.69) is 5.32 Å². The third-order valence-corrected chi connectivity index (χ3v) is 6.66. The molecule has 4 rings (SSSR count). The van der Waals surface area contributed by atoms with Gasteiger partial charge >= 0.3 is 12.1 Å². The number of amides is 3. The van der Waals surface area contributed by atoms with Gasteiger partial charge in [0.25, 0.3) is 11.1 Å². The van der Waals surface area contributed by atoms with E-state index in [1.807, 2.05) is 11.5 Å². The molecule has 196 valence electrons. The van der Waals surface area contributed by atoms with Gasteiger partial charge in [-0.25, -0.2) is 4.79 Å². The van der Waals surface area contributed by atoms with Crippen molar-refractivity contribution in [1.82, 2.24) is 9.47 Å². The molecule has 0 bridgehead atoms. The Morgan fingerprint density at radius 1 is 1.05 bits per heavy atom. The molecule has 1 fully saturated rings. The fourth-order valence-corrected chi connectivity index (χ4v) is 4.83. The number of hydrogen-bond donors (Lipinski definition) is 2. The minimum absolute atomic E-state index is 0.0707. The van der Waals surface area contributed by atoms with Crippen LogP contribution in [0.4, 0.5) is 23.7 Å². The van der Waals surface area contributed by atoms with Gasteiger partial charge < -0.3 is 15.0 Å². The summed E-state index contributed by atoms with van der Waals surface area (Å²) in [5, 5.41) is 10.9. The number of carboxylic acids is 1. The lowest BCUT2D eigenvalue weighted by Gasteiger charge is -2.13. The van der Waals surface area contributed by atoms with Crippen LogP contribution in [0.25, 0.3) is 11.8 Å². The Labute approximate surface area is 218 Å². The Morgan fingerprint density at radius 3 is 2.45 bits per heavy atom. The van der Waals surface area contributed by atoms with Gasteiger partial charge in [-0.2, -0.15) is 13.2 Å². The Hall–Kier alpha value is -4.32. The summed E-state index contributed by atoms with van der Waals surface area (Å²) in [6.45, 7) is 2.92. The first-order valence-electron chi connectivity index (χ1n) is 11.1. The van der Waals surface area contributed by atoms with Gasteiger partial charge in [-0.1, -0.05) is 12.1 Å². The van der Waals surface area contributed by atoms with Gasteiger partial charge in [0.2, 0.25) is 5.91 Å². The largest absolute Gasteiger partial charge is 0.478 e. The lowest BCUT2D eigenvalue weighted by molar-refractivity contribution is -0.137. The van der Waals surface area contributed by atoms with Gasteiger partial charge in [0.05, 0.1) is 16.0 Å². The minimum atomic E-state index is -4.59. The predicted molar refractivity (Wildman–Crippen MR) is 135 cm³/mol. The van der Waals surface area contributed by atoms with Crippen molar-refractivity contribution in [3.63, 3.8) is 0 Å². The summed E-state index contributed by atoms with van der Waals surface area (Å²) in [4.78, 5) is 49.9. The molecule has 0 spiro atoms. The van der Waals surface area contributed by atoms with Gasteiger partial charge in [0.15, 0.2) is 0 Å². The normalized spacial score (nSPS) is 14.9. The van der Waals surface area contributed by atoms with Crippen LogP contribution >= 0.6 is 11.8 Å². The molecule has 3 aromatic rings. The molecule has 1 aliphatic rings. The maximum Gasteiger partial charge on any atom is 0.416 e. The van der Waals surface area contributed by atoms with E-state index in [1.54, 1.807) is 25.1 Å². The zero-order valence-electron chi connectivity index (χ0n) is 20.0. The van der Waals surface area contributed by atoms with Gasteiger partial charge in [0, 0.05) is 22.8 Å². The highest BCUT2D eigenvalue weighted by Gasteiger charge is 2.37. The zero-order valence-corrected chi connectivity index (χ0v) is 20.8. The van der Waals surface area contributed by atoms with Crippen LogP contribution in [0.3, 0.4) is 0 Å². The van der Waals surface area contributed by atoms with E-state index in [4.69, 9.17) is 0 Å². The zero-order chi connectivity index (χ0) is 27.8. The lowest BCUT2D eigenvalue weighted by atomic mass is 10.2. The molecule has 2 aromatic carbocycles. The molecule has 12 heteroatoms. The topological polar surface area (TPSA) is 109 Å². The number of aromatic nitrogens is 1. The fourth-order valence-electron chi connectivity index (χ4n) is 4.00. The standard InChI is InChI=1S/C26H20F3N3O5S/c1-14-9-17(15(2)32(14)20-8-3-5-16(10-20)24(35)36)11-21-23(34)31(25(37)38-21)13-22(33)30-19-7-4-6-18(12-19)26(27,28)29/h3-12H,13H2,1-2H3,(H,30,33)(H,35,36)/b21-11-. The lowest BCUT2D eigenvalue weighted by Crippen LogP contribution is -2.36. The summed E-state index contributed by atoms with van der Waals surface area (Å²) in [5.74, 6) is -2.61. The van der Waals surface area contributed by atoms with Crippen molar-refractivity contribution in [3.05, 3.63) is 87.6 Å². The summed E-state index contributed by atoms with van der Waals surface area (Å²) < 4.78 is 40.6. The number of alkyl halides is 3. The third-order valence-electron chi connectivity index (χ3n) is 5.76. The van der Waals surface area contributed by atoms with Crippen LogP contribution < -0.4 is 5.32 Å². The number of carbonyl (C=O) groups excluding carboxylic acids is 3. The second-order valence-corrected chi connectivity index (χ2v) is 9.41. The van der Waals surface area contributed by atoms with Crippen LogP contribution in [-0.2, 0) is 15.8 Å². The number of carbonyl (C=O) groups is 4. The van der Waals surface area contributed by atoms with Crippen molar-refractivity contribution in [2.75, 3.05) is 11.9 Å². The Kier molecular flexibility index (Phi) is 7.18. The van der Waals surface area contributed by atoms with Crippen molar-refractivity contribution < 1.29 is 37.5 Å². The quantitative estimate of drug-likeness (QED) is 0.398. The first kappa shape index (κ1) is 26.7. The molecule has 1 aromatic heterocycles. The molecule has 0 unspecified atom stereocenters. The first-order valence-corrected chi connectivity index (χ1v) is 11.9. The summed E-state index contributed by atoms with van der Waals surface area (Å²) in [7, 11) is 0. The van der Waals surface area contributed by atoms with Crippen LogP contribution in [0.2, 0.25) is 0 Å². The molecular formula is C26H20F3N3O5S. The Balaban J connectivity index is 1.52. The highest BCUT2D eigenvalue weighted by Crippen LogP contribution is 2.34. The number of hydrogen-bond acceptors (Lipinski definition) is 5. The number of carboxylic acid groups (broad SMARTS) is 1. The SMILES string of the molecule is Cc1cc(/C=C2\SC(=O)N(CC(=O)Nc3cccc(C(F)(F)F)c3)C2=O)c(C)n1-c1cccc(C(=O)O)c1. The molecule has 1 aliphatic heterocycles. The molecule has 1 saturated heterocycles. The number of nitrogens with zero attached hydrogens (tertiary/aromatic N) is 2. The number of benzene rings is 2. The molecule has 0 atom stereocenters. The van der Waals surface area contributed by atoms with Crippen LogP contribution in [0, 0.1) is 13.8 Å². The summed E-state index contributed by atoms with van der Waals surface area (Å²) in [5.41, 5.74) is 1.72. The molecular weight excluding hydrogens is 523 g/mol. The Bertz CT molecular complexity index is 1510. The fraction of sp³-hybridized carbons (Fsp3) is 0.154. The summed E-state index contributed by atoms with van der Waals surface area (Å²) in [6, 6.07) is 12.1. The molecule has 2 heterocycles. The number of thioether (sulfide) groups is 1. The van der Waals surface area contributed by atoms with E-state index in [9.17, 15) is 37.5 Å². The molecule has 0 saturated carbocycles. The summed E-state index contributed by atoms with van der Waals surface area (Å²) >= 11 is 0.640. The van der Waals surface area contributed by atoms with Crippen molar-refractivity contribution >= 4 is 46.5 Å². The maximum absolute atomic E-state index is 12.9. The predicted octanol–water partition coefficient (Wildman–Crippen LogP) is 5.49. The van der Waals surface area contributed by atoms with Crippen LogP contribution in [-0.4, -0.2) is 44.1 Å². The average Bonchev–Trinajstić information content (AvgIpc) is 3.27. The van der Waals surface area contributed by atoms with Crippen LogP contribution in [0.1, 0.15) is 32.9 Å². The van der Waals surface area contributed by atoms with Gasteiger partial charge in [0.1, 0.15) is 6.54 Å². The van der Waals surface area contributed by atoms with Crippen LogP contribution in [0.5, 0.6) is 0 Å². The minimum Gasteiger partial charge on any atom is -0.478 e. The highest BCUT2D eigenvalue weighted by molar-refractivity contribution is 8.18. The number of halogens is 3. The second kappa shape index (κ2) is 10.2. The molecule has 38 heavy (non-hydrogen) atoms. The number of rotatable bonds is 6. The number of aryl methyl sites for hydroxylation is 1. The number of nitrogens with one attached hydrogen (secondary N) is 1. The number of aromatic carboxylic acids is 1. The van der Waals surface area contributed by atoms with Crippen molar-refractivity contribution in [2.24, 2.45) is 0 Å². The molecule has 8 nitrogen and oxygen atoms in total. The van der Waals surface area contributed by atoms with E-state index < -0.39 is 41.3 Å². The van der Waals surface area contributed by atoms with Crippen molar-refractivity contribution in [1.29, 1.82) is 0 Å². The van der Waals surface area contributed by atoms with E-state index in [-0.39, 0.29) is 16.2 Å². The monoisotopic (exact) mass is 543 g/mol. The molecule has 0 aliphatic carbocycles. The average molecular weight is 544 g/mol. The summed E-state index contributed by atoms with van der Waals surface area (Å²) in [6.07, 6.45) is -3.08. The van der Waals surface area contributed by atoms with E-state index in [1.165, 1.54) is 24.3 Å². The van der Waals surface area contributed by atoms with Gasteiger partial charge in [-0.05, 0) is 79.7 Å². The van der Waals surface area contributed by atoms with E-state index in [0.29, 0.717) is 28.7 Å². The van der Waals surface area contributed by atoms with Gasteiger partial charge in [-0.15, -0.1) is 0 Å². The van der Waals surface area contributed by atoms with Crippen molar-refractivity contribution in [2.45, 2.75) is 20.0 Å². The Morgan fingerprint density at radius 2 is 1.76 bits per heavy atom.